The third-order valence-electron chi connectivity index (χ3n) is 3.56. The van der Waals surface area contributed by atoms with Crippen LogP contribution in [-0.4, -0.2) is 6.61 Å². The molecular weight excluding hydrogens is 352 g/mol. The highest BCUT2D eigenvalue weighted by molar-refractivity contribution is 9.10. The summed E-state index contributed by atoms with van der Waals surface area (Å²) < 4.78 is 7.02. The molecule has 0 spiro atoms. The minimum Gasteiger partial charge on any atom is -0.493 e. The largest absolute Gasteiger partial charge is 0.493 e. The number of benzene rings is 2. The Hall–Kier alpha value is -1.52. The van der Waals surface area contributed by atoms with Crippen molar-refractivity contribution in [2.24, 2.45) is 0 Å². The Bertz CT molecular complexity index is 575. The molecule has 0 bridgehead atoms. The predicted octanol–water partition coefficient (Wildman–Crippen LogP) is 5.52. The van der Waals surface area contributed by atoms with E-state index in [0.717, 1.165) is 34.5 Å². The Morgan fingerprint density at radius 2 is 1.83 bits per heavy atom. The lowest BCUT2D eigenvalue weighted by Crippen LogP contribution is -2.21. The molecule has 0 radical (unpaired) electrons. The first kappa shape index (κ1) is 17.8. The quantitative estimate of drug-likeness (QED) is 0.422. The van der Waals surface area contributed by atoms with Crippen LogP contribution in [0.15, 0.2) is 53.0 Å². The average molecular weight is 377 g/mol. The van der Waals surface area contributed by atoms with Gasteiger partial charge in [0, 0.05) is 22.3 Å². The summed E-state index contributed by atoms with van der Waals surface area (Å²) in [6.07, 6.45) is 4.87. The number of anilines is 1. The molecule has 2 rings (SSSR count). The van der Waals surface area contributed by atoms with Crippen LogP contribution in [0.3, 0.4) is 0 Å². The second kappa shape index (κ2) is 10.3. The standard InChI is InChI=1S/C19H25BrN2O/c1-2-3-4-8-13-23-19-12-11-17(20)14-16(19)15-21-22-18-9-6-5-7-10-18/h5-7,9-12,14,21-22H,2-4,8,13,15H2,1H3. The molecule has 0 aliphatic rings. The first-order valence-corrected chi connectivity index (χ1v) is 9.04. The van der Waals surface area contributed by atoms with Crippen LogP contribution in [0.2, 0.25) is 0 Å². The topological polar surface area (TPSA) is 33.3 Å². The van der Waals surface area contributed by atoms with Crippen LogP contribution >= 0.6 is 15.9 Å². The smallest absolute Gasteiger partial charge is 0.123 e. The molecule has 3 nitrogen and oxygen atoms in total. The number of hydrogen-bond donors (Lipinski definition) is 2. The third kappa shape index (κ3) is 6.63. The van der Waals surface area contributed by atoms with E-state index in [4.69, 9.17) is 4.74 Å². The lowest BCUT2D eigenvalue weighted by molar-refractivity contribution is 0.301. The molecule has 23 heavy (non-hydrogen) atoms. The van der Waals surface area contributed by atoms with E-state index in [2.05, 4.69) is 39.8 Å². The molecule has 2 N–H and O–H groups in total. The normalized spacial score (nSPS) is 10.5. The summed E-state index contributed by atoms with van der Waals surface area (Å²) in [4.78, 5) is 0. The highest BCUT2D eigenvalue weighted by Crippen LogP contribution is 2.23. The molecule has 0 saturated heterocycles. The molecule has 4 heteroatoms. The molecule has 0 atom stereocenters. The Morgan fingerprint density at radius 3 is 2.61 bits per heavy atom. The lowest BCUT2D eigenvalue weighted by atomic mass is 10.2. The molecule has 0 aliphatic carbocycles. The van der Waals surface area contributed by atoms with E-state index < -0.39 is 0 Å². The summed E-state index contributed by atoms with van der Waals surface area (Å²) in [5.74, 6) is 0.951. The van der Waals surface area contributed by atoms with Gasteiger partial charge in [-0.2, -0.15) is 0 Å². The monoisotopic (exact) mass is 376 g/mol. The number of hydrogen-bond acceptors (Lipinski definition) is 3. The van der Waals surface area contributed by atoms with Crippen molar-refractivity contribution in [3.63, 3.8) is 0 Å². The van der Waals surface area contributed by atoms with Crippen molar-refractivity contribution >= 4 is 21.6 Å². The molecule has 124 valence electrons. The second-order valence-corrected chi connectivity index (χ2v) is 6.42. The van der Waals surface area contributed by atoms with E-state index in [1.54, 1.807) is 0 Å². The van der Waals surface area contributed by atoms with Gasteiger partial charge in [-0.25, -0.2) is 5.43 Å². The lowest BCUT2D eigenvalue weighted by Gasteiger charge is -2.14. The van der Waals surface area contributed by atoms with Gasteiger partial charge >= 0.3 is 0 Å². The van der Waals surface area contributed by atoms with Crippen LogP contribution in [0.1, 0.15) is 38.2 Å². The summed E-state index contributed by atoms with van der Waals surface area (Å²) in [6.45, 7) is 3.69. The highest BCUT2D eigenvalue weighted by Gasteiger charge is 2.05. The van der Waals surface area contributed by atoms with E-state index in [0.29, 0.717) is 6.54 Å². The number of para-hydroxylation sites is 1. The molecule has 2 aromatic carbocycles. The zero-order chi connectivity index (χ0) is 16.3. The first-order chi connectivity index (χ1) is 11.3. The Kier molecular flexibility index (Phi) is 7.98. The van der Waals surface area contributed by atoms with Gasteiger partial charge in [-0.3, -0.25) is 0 Å². The fraction of sp³-hybridized carbons (Fsp3) is 0.368. The maximum absolute atomic E-state index is 5.95. The molecule has 0 saturated carbocycles. The molecule has 0 amide bonds. The summed E-state index contributed by atoms with van der Waals surface area (Å²) in [5, 5.41) is 0. The van der Waals surface area contributed by atoms with E-state index in [9.17, 15) is 0 Å². The van der Waals surface area contributed by atoms with Crippen LogP contribution in [0, 0.1) is 0 Å². The summed E-state index contributed by atoms with van der Waals surface area (Å²) in [7, 11) is 0. The van der Waals surface area contributed by atoms with Crippen molar-refractivity contribution in [1.29, 1.82) is 0 Å². The van der Waals surface area contributed by atoms with Crippen molar-refractivity contribution in [3.05, 3.63) is 58.6 Å². The van der Waals surface area contributed by atoms with Gasteiger partial charge in [0.1, 0.15) is 5.75 Å². The zero-order valence-electron chi connectivity index (χ0n) is 13.6. The molecular formula is C19H25BrN2O. The van der Waals surface area contributed by atoms with Gasteiger partial charge < -0.3 is 10.2 Å². The van der Waals surface area contributed by atoms with E-state index >= 15 is 0 Å². The molecule has 0 fully saturated rings. The molecule has 0 heterocycles. The van der Waals surface area contributed by atoms with Gasteiger partial charge in [0.05, 0.1) is 6.61 Å². The average Bonchev–Trinajstić information content (AvgIpc) is 2.57. The van der Waals surface area contributed by atoms with Gasteiger partial charge in [0.2, 0.25) is 0 Å². The summed E-state index contributed by atoms with van der Waals surface area (Å²) >= 11 is 3.53. The Balaban J connectivity index is 1.85. The predicted molar refractivity (Wildman–Crippen MR) is 101 cm³/mol. The first-order valence-electron chi connectivity index (χ1n) is 8.24. The number of unbranched alkanes of at least 4 members (excludes halogenated alkanes) is 3. The maximum atomic E-state index is 5.95. The zero-order valence-corrected chi connectivity index (χ0v) is 15.2. The minimum absolute atomic E-state index is 0.693. The van der Waals surface area contributed by atoms with Crippen LogP contribution in [0.25, 0.3) is 0 Å². The van der Waals surface area contributed by atoms with E-state index in [-0.39, 0.29) is 0 Å². The number of ether oxygens (including phenoxy) is 1. The van der Waals surface area contributed by atoms with Gasteiger partial charge in [-0.05, 0) is 36.8 Å². The molecule has 0 aromatic heterocycles. The number of nitrogens with one attached hydrogen (secondary N) is 2. The Morgan fingerprint density at radius 1 is 1.00 bits per heavy atom. The van der Waals surface area contributed by atoms with Crippen LogP contribution in [-0.2, 0) is 6.54 Å². The maximum Gasteiger partial charge on any atom is 0.123 e. The fourth-order valence-electron chi connectivity index (χ4n) is 2.30. The number of halogens is 1. The fourth-order valence-corrected chi connectivity index (χ4v) is 2.71. The summed E-state index contributed by atoms with van der Waals surface area (Å²) in [6, 6.07) is 16.2. The number of hydrazine groups is 1. The van der Waals surface area contributed by atoms with Crippen molar-refractivity contribution in [2.45, 2.75) is 39.2 Å². The molecule has 2 aromatic rings. The molecule has 0 aliphatic heterocycles. The third-order valence-corrected chi connectivity index (χ3v) is 4.06. The number of rotatable bonds is 10. The van der Waals surface area contributed by atoms with Gasteiger partial charge in [0.15, 0.2) is 0 Å². The van der Waals surface area contributed by atoms with Crippen molar-refractivity contribution in [2.75, 3.05) is 12.0 Å². The second-order valence-electron chi connectivity index (χ2n) is 5.51. The van der Waals surface area contributed by atoms with Crippen molar-refractivity contribution < 1.29 is 4.74 Å². The summed E-state index contributed by atoms with van der Waals surface area (Å²) in [5.41, 5.74) is 8.63. The van der Waals surface area contributed by atoms with E-state index in [1.165, 1.54) is 19.3 Å². The van der Waals surface area contributed by atoms with Crippen molar-refractivity contribution in [1.82, 2.24) is 5.43 Å². The van der Waals surface area contributed by atoms with Crippen LogP contribution < -0.4 is 15.6 Å². The highest BCUT2D eigenvalue weighted by atomic mass is 79.9. The van der Waals surface area contributed by atoms with Gasteiger partial charge in [-0.1, -0.05) is 60.3 Å². The van der Waals surface area contributed by atoms with Crippen LogP contribution in [0.5, 0.6) is 5.75 Å². The van der Waals surface area contributed by atoms with Crippen LogP contribution in [0.4, 0.5) is 5.69 Å². The SMILES string of the molecule is CCCCCCOc1ccc(Br)cc1CNNc1ccccc1. The minimum atomic E-state index is 0.693. The Labute approximate surface area is 147 Å². The van der Waals surface area contributed by atoms with Gasteiger partial charge in [0.25, 0.3) is 0 Å². The van der Waals surface area contributed by atoms with Gasteiger partial charge in [-0.15, -0.1) is 0 Å². The molecule has 0 unspecified atom stereocenters. The van der Waals surface area contributed by atoms with Crippen molar-refractivity contribution in [3.8, 4) is 5.75 Å². The van der Waals surface area contributed by atoms with E-state index in [1.807, 2.05) is 42.5 Å².